The number of carbonyl (C=O) groups is 2. The molecule has 0 N–H and O–H groups in total. The molecule has 2 aromatic rings. The number of benzene rings is 2. The Kier molecular flexibility index (Phi) is 8.21. The van der Waals surface area contributed by atoms with Gasteiger partial charge in [-0.3, -0.25) is 14.5 Å². The molecule has 0 atom stereocenters. The SMILES string of the molecule is CN(C(=O)CCCC(=O)N1CCN(C/C=C/c2ccccc2)CC1)c1ccccc1. The van der Waals surface area contributed by atoms with E-state index in [9.17, 15) is 9.59 Å². The molecule has 1 aliphatic rings. The van der Waals surface area contributed by atoms with E-state index in [-0.39, 0.29) is 11.8 Å². The lowest BCUT2D eigenvalue weighted by atomic mass is 10.1. The minimum Gasteiger partial charge on any atom is -0.340 e. The summed E-state index contributed by atoms with van der Waals surface area (Å²) in [6.07, 6.45) is 5.74. The summed E-state index contributed by atoms with van der Waals surface area (Å²) >= 11 is 0. The Labute approximate surface area is 179 Å². The zero-order chi connectivity index (χ0) is 21.2. The fourth-order valence-electron chi connectivity index (χ4n) is 3.59. The maximum atomic E-state index is 12.5. The van der Waals surface area contributed by atoms with Crippen LogP contribution in [0.4, 0.5) is 5.69 Å². The van der Waals surface area contributed by atoms with E-state index in [4.69, 9.17) is 0 Å². The Balaban J connectivity index is 1.33. The Hall–Kier alpha value is -2.92. The van der Waals surface area contributed by atoms with E-state index < -0.39 is 0 Å². The number of hydrogen-bond acceptors (Lipinski definition) is 3. The van der Waals surface area contributed by atoms with Gasteiger partial charge in [-0.25, -0.2) is 0 Å². The number of nitrogens with zero attached hydrogens (tertiary/aromatic N) is 3. The zero-order valence-corrected chi connectivity index (χ0v) is 17.7. The topological polar surface area (TPSA) is 43.9 Å². The molecule has 1 aliphatic heterocycles. The first-order valence-electron chi connectivity index (χ1n) is 10.7. The van der Waals surface area contributed by atoms with Crippen LogP contribution in [0.25, 0.3) is 6.08 Å². The molecule has 5 nitrogen and oxygen atoms in total. The number of piperazine rings is 1. The summed E-state index contributed by atoms with van der Waals surface area (Å²) in [6.45, 7) is 4.20. The fraction of sp³-hybridized carbons (Fsp3) is 0.360. The predicted molar refractivity (Wildman–Crippen MR) is 122 cm³/mol. The third kappa shape index (κ3) is 6.56. The molecule has 0 aromatic heterocycles. The molecule has 1 heterocycles. The van der Waals surface area contributed by atoms with Gasteiger partial charge in [0.05, 0.1) is 0 Å². The second-order valence-electron chi connectivity index (χ2n) is 7.64. The van der Waals surface area contributed by atoms with Gasteiger partial charge in [0.25, 0.3) is 0 Å². The summed E-state index contributed by atoms with van der Waals surface area (Å²) in [6, 6.07) is 19.9. The van der Waals surface area contributed by atoms with E-state index in [0.717, 1.165) is 38.4 Å². The van der Waals surface area contributed by atoms with Gasteiger partial charge in [-0.05, 0) is 24.1 Å². The van der Waals surface area contributed by atoms with Crippen LogP contribution < -0.4 is 4.90 Å². The van der Waals surface area contributed by atoms with E-state index in [1.165, 1.54) is 5.56 Å². The first kappa shape index (κ1) is 21.8. The molecule has 158 valence electrons. The van der Waals surface area contributed by atoms with Crippen molar-refractivity contribution in [1.82, 2.24) is 9.80 Å². The lowest BCUT2D eigenvalue weighted by Crippen LogP contribution is -2.48. The van der Waals surface area contributed by atoms with Crippen LogP contribution in [0.5, 0.6) is 0 Å². The van der Waals surface area contributed by atoms with Crippen LogP contribution in [0.1, 0.15) is 24.8 Å². The Morgan fingerprint density at radius 3 is 2.20 bits per heavy atom. The Bertz CT molecular complexity index is 828. The molecular formula is C25H31N3O2. The summed E-state index contributed by atoms with van der Waals surface area (Å²) in [5.74, 6) is 0.202. The molecule has 2 amide bonds. The highest BCUT2D eigenvalue weighted by Crippen LogP contribution is 2.14. The van der Waals surface area contributed by atoms with Crippen molar-refractivity contribution in [3.63, 3.8) is 0 Å². The average molecular weight is 406 g/mol. The van der Waals surface area contributed by atoms with E-state index in [1.54, 1.807) is 11.9 Å². The van der Waals surface area contributed by atoms with Crippen molar-refractivity contribution in [3.8, 4) is 0 Å². The first-order valence-corrected chi connectivity index (χ1v) is 10.7. The standard InChI is InChI=1S/C25H31N3O2/c1-26(23-13-6-3-7-14-23)24(29)15-8-16-25(30)28-20-18-27(19-21-28)17-9-12-22-10-4-2-5-11-22/h2-7,9-14H,8,15-21H2,1H3/b12-9+. The van der Waals surface area contributed by atoms with E-state index in [1.807, 2.05) is 53.4 Å². The van der Waals surface area contributed by atoms with Crippen molar-refractivity contribution in [1.29, 1.82) is 0 Å². The number of carbonyl (C=O) groups excluding carboxylic acids is 2. The van der Waals surface area contributed by atoms with Crippen molar-refractivity contribution in [2.75, 3.05) is 44.7 Å². The zero-order valence-electron chi connectivity index (χ0n) is 17.7. The van der Waals surface area contributed by atoms with Crippen LogP contribution in [0.15, 0.2) is 66.7 Å². The van der Waals surface area contributed by atoms with Gasteiger partial charge in [0, 0.05) is 58.3 Å². The van der Waals surface area contributed by atoms with Crippen LogP contribution in [0.3, 0.4) is 0 Å². The summed E-state index contributed by atoms with van der Waals surface area (Å²) in [4.78, 5) is 30.8. The van der Waals surface area contributed by atoms with Crippen LogP contribution in [0.2, 0.25) is 0 Å². The highest BCUT2D eigenvalue weighted by Gasteiger charge is 2.20. The van der Waals surface area contributed by atoms with Gasteiger partial charge >= 0.3 is 0 Å². The van der Waals surface area contributed by atoms with Crippen molar-refractivity contribution < 1.29 is 9.59 Å². The lowest BCUT2D eigenvalue weighted by molar-refractivity contribution is -0.133. The minimum atomic E-state index is 0.0454. The lowest BCUT2D eigenvalue weighted by Gasteiger charge is -2.34. The molecule has 2 aromatic carbocycles. The molecule has 1 fully saturated rings. The third-order valence-electron chi connectivity index (χ3n) is 5.50. The van der Waals surface area contributed by atoms with Crippen molar-refractivity contribution in [2.45, 2.75) is 19.3 Å². The normalized spacial score (nSPS) is 14.8. The van der Waals surface area contributed by atoms with Gasteiger partial charge in [-0.15, -0.1) is 0 Å². The maximum absolute atomic E-state index is 12.5. The number of rotatable bonds is 8. The molecule has 5 heteroatoms. The molecule has 1 saturated heterocycles. The summed E-state index contributed by atoms with van der Waals surface area (Å²) in [5, 5.41) is 0. The molecule has 0 unspecified atom stereocenters. The van der Waals surface area contributed by atoms with E-state index in [2.05, 4.69) is 29.2 Å². The fourth-order valence-corrected chi connectivity index (χ4v) is 3.59. The number of amides is 2. The molecule has 0 aliphatic carbocycles. The van der Waals surface area contributed by atoms with Gasteiger partial charge < -0.3 is 9.80 Å². The van der Waals surface area contributed by atoms with Gasteiger partial charge in [0.15, 0.2) is 0 Å². The molecule has 30 heavy (non-hydrogen) atoms. The summed E-state index contributed by atoms with van der Waals surface area (Å²) < 4.78 is 0. The number of anilines is 1. The van der Waals surface area contributed by atoms with Crippen molar-refractivity contribution >= 4 is 23.6 Å². The van der Waals surface area contributed by atoms with Gasteiger partial charge in [0.2, 0.25) is 11.8 Å². The highest BCUT2D eigenvalue weighted by atomic mass is 16.2. The van der Waals surface area contributed by atoms with Crippen LogP contribution in [0, 0.1) is 0 Å². The van der Waals surface area contributed by atoms with E-state index >= 15 is 0 Å². The third-order valence-corrected chi connectivity index (χ3v) is 5.50. The Morgan fingerprint density at radius 1 is 0.900 bits per heavy atom. The molecule has 0 bridgehead atoms. The van der Waals surface area contributed by atoms with Gasteiger partial charge in [0.1, 0.15) is 0 Å². The molecule has 0 radical (unpaired) electrons. The van der Waals surface area contributed by atoms with Gasteiger partial charge in [-0.2, -0.15) is 0 Å². The average Bonchev–Trinajstić information content (AvgIpc) is 2.80. The van der Waals surface area contributed by atoms with Crippen molar-refractivity contribution in [3.05, 3.63) is 72.3 Å². The predicted octanol–water partition coefficient (Wildman–Crippen LogP) is 3.68. The first-order chi connectivity index (χ1) is 14.6. The van der Waals surface area contributed by atoms with Crippen LogP contribution >= 0.6 is 0 Å². The number of hydrogen-bond donors (Lipinski definition) is 0. The smallest absolute Gasteiger partial charge is 0.226 e. The van der Waals surface area contributed by atoms with Crippen molar-refractivity contribution in [2.24, 2.45) is 0 Å². The van der Waals surface area contributed by atoms with Gasteiger partial charge in [-0.1, -0.05) is 60.7 Å². The highest BCUT2D eigenvalue weighted by molar-refractivity contribution is 5.93. The van der Waals surface area contributed by atoms with E-state index in [0.29, 0.717) is 19.3 Å². The summed E-state index contributed by atoms with van der Waals surface area (Å²) in [7, 11) is 1.78. The quantitative estimate of drug-likeness (QED) is 0.673. The minimum absolute atomic E-state index is 0.0454. The summed E-state index contributed by atoms with van der Waals surface area (Å²) in [5.41, 5.74) is 2.09. The van der Waals surface area contributed by atoms with Crippen LogP contribution in [-0.4, -0.2) is 61.4 Å². The number of para-hydroxylation sites is 1. The second kappa shape index (κ2) is 11.3. The van der Waals surface area contributed by atoms with Crippen LogP contribution in [-0.2, 0) is 9.59 Å². The Morgan fingerprint density at radius 2 is 1.53 bits per heavy atom. The molecule has 0 saturated carbocycles. The second-order valence-corrected chi connectivity index (χ2v) is 7.64. The maximum Gasteiger partial charge on any atom is 0.226 e. The largest absolute Gasteiger partial charge is 0.340 e. The molecule has 0 spiro atoms. The molecule has 3 rings (SSSR count). The molecular weight excluding hydrogens is 374 g/mol. The monoisotopic (exact) mass is 405 g/mol.